The van der Waals surface area contributed by atoms with Crippen molar-refractivity contribution < 1.29 is 19.4 Å². The van der Waals surface area contributed by atoms with Crippen LogP contribution in [0.5, 0.6) is 0 Å². The van der Waals surface area contributed by atoms with Crippen LogP contribution in [-0.4, -0.2) is 28.6 Å². The molecule has 1 amide bonds. The van der Waals surface area contributed by atoms with Crippen molar-refractivity contribution in [1.82, 2.24) is 0 Å². The number of hydrogen-bond acceptors (Lipinski definition) is 6. The summed E-state index contributed by atoms with van der Waals surface area (Å²) in [4.78, 5) is 30.7. The molecule has 5 nitrogen and oxygen atoms in total. The largest absolute Gasteiger partial charge is 0.506 e. The molecule has 0 saturated heterocycles. The zero-order valence-corrected chi connectivity index (χ0v) is 16.1. The standard InChI is InChI=1S/C18H21NO4S2/c1-4-7-14(20)19-17-15(18(22)23-6-3)16(21)13(25-17)10-12-9-8-11(5-2)24-12/h8-10,21H,4-7H2,1-3H3/b13-10-,19-17?. The molecule has 2 rings (SSSR count). The SMILES string of the molecule is CCCC(=O)N=C1S/C(=C\c2ccc(CC)s2)C(O)=C1C(=O)OCC. The highest BCUT2D eigenvalue weighted by Gasteiger charge is 2.33. The van der Waals surface area contributed by atoms with E-state index in [4.69, 9.17) is 4.74 Å². The Morgan fingerprint density at radius 1 is 1.28 bits per heavy atom. The van der Waals surface area contributed by atoms with Gasteiger partial charge in [0.05, 0.1) is 11.5 Å². The maximum Gasteiger partial charge on any atom is 0.344 e. The molecule has 0 aliphatic carbocycles. The first-order chi connectivity index (χ1) is 12.0. The van der Waals surface area contributed by atoms with Gasteiger partial charge in [-0.25, -0.2) is 9.79 Å². The summed E-state index contributed by atoms with van der Waals surface area (Å²) in [5.41, 5.74) is -0.0326. The average Bonchev–Trinajstić information content (AvgIpc) is 3.13. The lowest BCUT2D eigenvalue weighted by Gasteiger charge is -2.03. The maximum absolute atomic E-state index is 12.2. The molecule has 1 aliphatic rings. The van der Waals surface area contributed by atoms with Crippen LogP contribution in [0.3, 0.4) is 0 Å². The summed E-state index contributed by atoms with van der Waals surface area (Å²) in [6.07, 6.45) is 3.71. The van der Waals surface area contributed by atoms with Crippen LogP contribution >= 0.6 is 23.1 Å². The lowest BCUT2D eigenvalue weighted by atomic mass is 10.2. The van der Waals surface area contributed by atoms with Crippen LogP contribution in [0, 0.1) is 0 Å². The van der Waals surface area contributed by atoms with Crippen molar-refractivity contribution in [2.45, 2.75) is 40.0 Å². The van der Waals surface area contributed by atoms with Gasteiger partial charge in [-0.3, -0.25) is 4.79 Å². The molecule has 0 atom stereocenters. The number of thiophene rings is 1. The smallest absolute Gasteiger partial charge is 0.344 e. The van der Waals surface area contributed by atoms with Crippen LogP contribution in [0.2, 0.25) is 0 Å². The van der Waals surface area contributed by atoms with Gasteiger partial charge >= 0.3 is 5.97 Å². The van der Waals surface area contributed by atoms with Crippen molar-refractivity contribution in [2.24, 2.45) is 4.99 Å². The fourth-order valence-corrected chi connectivity index (χ4v) is 4.16. The highest BCUT2D eigenvalue weighted by Crippen LogP contribution is 2.40. The number of carbonyl (C=O) groups excluding carboxylic acids is 2. The van der Waals surface area contributed by atoms with Gasteiger partial charge in [0, 0.05) is 16.2 Å². The molecular weight excluding hydrogens is 358 g/mol. The van der Waals surface area contributed by atoms with E-state index in [1.54, 1.807) is 24.3 Å². The molecule has 134 valence electrons. The fraction of sp³-hybridized carbons (Fsp3) is 0.389. The van der Waals surface area contributed by atoms with Crippen LogP contribution in [0.1, 0.15) is 43.4 Å². The van der Waals surface area contributed by atoms with E-state index in [9.17, 15) is 14.7 Å². The first-order valence-corrected chi connectivity index (χ1v) is 9.84. The topological polar surface area (TPSA) is 76.0 Å². The van der Waals surface area contributed by atoms with Gasteiger partial charge in [0.1, 0.15) is 16.4 Å². The quantitative estimate of drug-likeness (QED) is 0.737. The molecule has 0 radical (unpaired) electrons. The minimum Gasteiger partial charge on any atom is -0.506 e. The zero-order chi connectivity index (χ0) is 18.4. The second-order valence-corrected chi connectivity index (χ2v) is 7.50. The predicted molar refractivity (Wildman–Crippen MR) is 103 cm³/mol. The number of amides is 1. The molecule has 7 heteroatoms. The number of thioether (sulfide) groups is 1. The minimum absolute atomic E-state index is 0.0326. The summed E-state index contributed by atoms with van der Waals surface area (Å²) in [7, 11) is 0. The number of aliphatic imine (C=N–C) groups is 1. The molecule has 2 heterocycles. The van der Waals surface area contributed by atoms with E-state index in [0.717, 1.165) is 23.1 Å². The molecule has 0 bridgehead atoms. The number of carbonyl (C=O) groups is 2. The Morgan fingerprint density at radius 2 is 2.04 bits per heavy atom. The van der Waals surface area contributed by atoms with Crippen LogP contribution in [0.4, 0.5) is 0 Å². The molecule has 0 saturated carbocycles. The van der Waals surface area contributed by atoms with E-state index < -0.39 is 5.97 Å². The van der Waals surface area contributed by atoms with Gasteiger partial charge in [-0.1, -0.05) is 25.6 Å². The highest BCUT2D eigenvalue weighted by atomic mass is 32.2. The molecule has 1 aromatic rings. The molecule has 1 aliphatic heterocycles. The lowest BCUT2D eigenvalue weighted by molar-refractivity contribution is -0.138. The Hall–Kier alpha value is -1.86. The fourth-order valence-electron chi connectivity index (χ4n) is 2.17. The summed E-state index contributed by atoms with van der Waals surface area (Å²) in [5.74, 6) is -1.16. The van der Waals surface area contributed by atoms with E-state index in [0.29, 0.717) is 17.7 Å². The van der Waals surface area contributed by atoms with Crippen molar-refractivity contribution in [1.29, 1.82) is 0 Å². The van der Waals surface area contributed by atoms with Gasteiger partial charge in [-0.15, -0.1) is 11.3 Å². The van der Waals surface area contributed by atoms with Gasteiger partial charge in [-0.05, 0) is 38.0 Å². The first-order valence-electron chi connectivity index (χ1n) is 8.20. The molecule has 0 aromatic carbocycles. The number of ether oxygens (including phenoxy) is 1. The number of hydrogen-bond donors (Lipinski definition) is 1. The molecule has 25 heavy (non-hydrogen) atoms. The van der Waals surface area contributed by atoms with Crippen LogP contribution < -0.4 is 0 Å². The van der Waals surface area contributed by atoms with Gasteiger partial charge in [0.25, 0.3) is 0 Å². The zero-order valence-electron chi connectivity index (χ0n) is 14.5. The van der Waals surface area contributed by atoms with Crippen molar-refractivity contribution in [3.05, 3.63) is 38.1 Å². The second kappa shape index (κ2) is 9.01. The lowest BCUT2D eigenvalue weighted by Crippen LogP contribution is -2.14. The summed E-state index contributed by atoms with van der Waals surface area (Å²) in [5, 5.41) is 10.7. The second-order valence-electron chi connectivity index (χ2n) is 5.27. The first kappa shape index (κ1) is 19.5. The molecule has 1 N–H and O–H groups in total. The Balaban J connectivity index is 2.40. The van der Waals surface area contributed by atoms with Crippen molar-refractivity contribution >= 4 is 46.1 Å². The number of rotatable bonds is 6. The minimum atomic E-state index is -0.667. The number of aryl methyl sites for hydroxylation is 1. The van der Waals surface area contributed by atoms with Crippen LogP contribution in [0.15, 0.2) is 33.4 Å². The van der Waals surface area contributed by atoms with Crippen molar-refractivity contribution in [3.63, 3.8) is 0 Å². The monoisotopic (exact) mass is 379 g/mol. The summed E-state index contributed by atoms with van der Waals surface area (Å²) in [6.45, 7) is 5.83. The normalized spacial score (nSPS) is 17.6. The van der Waals surface area contributed by atoms with E-state index in [-0.39, 0.29) is 28.9 Å². The number of aliphatic hydroxyl groups is 1. The van der Waals surface area contributed by atoms with Crippen molar-refractivity contribution in [3.8, 4) is 0 Å². The van der Waals surface area contributed by atoms with Crippen LogP contribution in [-0.2, 0) is 20.7 Å². The van der Waals surface area contributed by atoms with E-state index in [1.807, 2.05) is 19.1 Å². The van der Waals surface area contributed by atoms with E-state index in [2.05, 4.69) is 11.9 Å². The highest BCUT2D eigenvalue weighted by molar-refractivity contribution is 8.18. The number of nitrogens with zero attached hydrogens (tertiary/aromatic N) is 1. The molecule has 1 aromatic heterocycles. The van der Waals surface area contributed by atoms with Gasteiger partial charge in [0.15, 0.2) is 0 Å². The van der Waals surface area contributed by atoms with Gasteiger partial charge in [-0.2, -0.15) is 0 Å². The van der Waals surface area contributed by atoms with E-state index >= 15 is 0 Å². The van der Waals surface area contributed by atoms with Gasteiger partial charge in [0.2, 0.25) is 5.91 Å². The Morgan fingerprint density at radius 3 is 2.64 bits per heavy atom. The summed E-state index contributed by atoms with van der Waals surface area (Å²) in [6, 6.07) is 4.00. The van der Waals surface area contributed by atoms with Gasteiger partial charge < -0.3 is 9.84 Å². The van der Waals surface area contributed by atoms with E-state index in [1.165, 1.54) is 4.88 Å². The molecule has 0 unspecified atom stereocenters. The Kier molecular flexibility index (Phi) is 7.01. The van der Waals surface area contributed by atoms with Crippen LogP contribution in [0.25, 0.3) is 6.08 Å². The Bertz CT molecular complexity index is 759. The summed E-state index contributed by atoms with van der Waals surface area (Å²) < 4.78 is 5.00. The third-order valence-corrected chi connectivity index (χ3v) is 5.56. The molecule has 0 spiro atoms. The van der Waals surface area contributed by atoms with Crippen molar-refractivity contribution in [2.75, 3.05) is 6.61 Å². The third kappa shape index (κ3) is 4.83. The summed E-state index contributed by atoms with van der Waals surface area (Å²) >= 11 is 2.74. The third-order valence-electron chi connectivity index (χ3n) is 3.36. The maximum atomic E-state index is 12.2. The predicted octanol–water partition coefficient (Wildman–Crippen LogP) is 4.50. The molecule has 0 fully saturated rings. The number of aliphatic hydroxyl groups excluding tert-OH is 1. The Labute approximate surface area is 155 Å². The molecular formula is C18H21NO4S2. The average molecular weight is 380 g/mol. The number of esters is 1.